The zero-order valence-corrected chi connectivity index (χ0v) is 18.1. The first kappa shape index (κ1) is 22.6. The van der Waals surface area contributed by atoms with E-state index >= 15 is 0 Å². The van der Waals surface area contributed by atoms with E-state index in [1.54, 1.807) is 0 Å². The number of rotatable bonds is 7. The largest absolute Gasteiger partial charge is 0.350 e. The molecular weight excluding hydrogens is 390 g/mol. The first-order valence-electron chi connectivity index (χ1n) is 10.6. The minimum Gasteiger partial charge on any atom is -0.350 e. The monoisotopic (exact) mass is 422 g/mol. The van der Waals surface area contributed by atoms with Crippen molar-refractivity contribution in [2.75, 3.05) is 39.3 Å². The minimum absolute atomic E-state index is 0.0106. The SMILES string of the molecule is CC(C)(C)NC(=O)CN1CCN(C(=O)CN(Cc2ccc(F)cc2F)C2CC2)CC1. The first-order chi connectivity index (χ1) is 14.1. The number of nitrogens with one attached hydrogen (secondary N) is 1. The number of carbonyl (C=O) groups excluding carboxylic acids is 2. The molecule has 6 nitrogen and oxygen atoms in total. The van der Waals surface area contributed by atoms with Crippen LogP contribution in [0.4, 0.5) is 8.78 Å². The number of benzene rings is 1. The van der Waals surface area contributed by atoms with Gasteiger partial charge in [-0.25, -0.2) is 8.78 Å². The lowest BCUT2D eigenvalue weighted by atomic mass is 10.1. The Morgan fingerprint density at radius 3 is 2.37 bits per heavy atom. The summed E-state index contributed by atoms with van der Waals surface area (Å²) in [7, 11) is 0. The van der Waals surface area contributed by atoms with Gasteiger partial charge in [-0.05, 0) is 39.7 Å². The van der Waals surface area contributed by atoms with E-state index in [-0.39, 0.29) is 29.9 Å². The van der Waals surface area contributed by atoms with Gasteiger partial charge in [-0.3, -0.25) is 19.4 Å². The summed E-state index contributed by atoms with van der Waals surface area (Å²) < 4.78 is 27.2. The van der Waals surface area contributed by atoms with Crippen LogP contribution in [0.3, 0.4) is 0 Å². The second-order valence-corrected chi connectivity index (χ2v) is 9.33. The Kier molecular flexibility index (Phi) is 7.08. The lowest BCUT2D eigenvalue weighted by Gasteiger charge is -2.36. The van der Waals surface area contributed by atoms with Crippen LogP contribution in [0, 0.1) is 11.6 Å². The molecule has 1 N–H and O–H groups in total. The molecule has 0 spiro atoms. The Morgan fingerprint density at radius 1 is 1.13 bits per heavy atom. The van der Waals surface area contributed by atoms with Gasteiger partial charge < -0.3 is 10.2 Å². The Morgan fingerprint density at radius 2 is 1.80 bits per heavy atom. The lowest BCUT2D eigenvalue weighted by Crippen LogP contribution is -2.54. The topological polar surface area (TPSA) is 55.9 Å². The van der Waals surface area contributed by atoms with E-state index in [1.165, 1.54) is 12.1 Å². The van der Waals surface area contributed by atoms with Gasteiger partial charge in [-0.2, -0.15) is 0 Å². The van der Waals surface area contributed by atoms with Gasteiger partial charge in [0.2, 0.25) is 11.8 Å². The molecule has 2 fully saturated rings. The van der Waals surface area contributed by atoms with E-state index in [9.17, 15) is 18.4 Å². The van der Waals surface area contributed by atoms with E-state index in [0.717, 1.165) is 18.9 Å². The maximum absolute atomic E-state index is 14.0. The summed E-state index contributed by atoms with van der Waals surface area (Å²) in [5.74, 6) is -1.17. The standard InChI is InChI=1S/C22H32F2N4O2/c1-22(2,3)25-20(29)14-26-8-10-27(11-9-26)21(30)15-28(18-6-7-18)13-16-4-5-17(23)12-19(16)24/h4-5,12,18H,6-11,13-15H2,1-3H3,(H,25,29). The van der Waals surface area contributed by atoms with Crippen molar-refractivity contribution >= 4 is 11.8 Å². The number of carbonyl (C=O) groups is 2. The highest BCUT2D eigenvalue weighted by atomic mass is 19.1. The van der Waals surface area contributed by atoms with Crippen molar-refractivity contribution in [1.29, 1.82) is 0 Å². The first-order valence-corrected chi connectivity index (χ1v) is 10.6. The van der Waals surface area contributed by atoms with Gasteiger partial charge >= 0.3 is 0 Å². The highest BCUT2D eigenvalue weighted by Gasteiger charge is 2.32. The van der Waals surface area contributed by atoms with Gasteiger partial charge in [-0.1, -0.05) is 6.07 Å². The van der Waals surface area contributed by atoms with Crippen molar-refractivity contribution in [3.05, 3.63) is 35.4 Å². The number of halogens is 2. The molecule has 0 aromatic heterocycles. The Bertz CT molecular complexity index is 769. The van der Waals surface area contributed by atoms with E-state index in [2.05, 4.69) is 10.2 Å². The zero-order valence-electron chi connectivity index (χ0n) is 18.1. The summed E-state index contributed by atoms with van der Waals surface area (Å²) in [6, 6.07) is 3.87. The van der Waals surface area contributed by atoms with Crippen LogP contribution in [-0.4, -0.2) is 77.4 Å². The van der Waals surface area contributed by atoms with Gasteiger partial charge in [0.25, 0.3) is 0 Å². The van der Waals surface area contributed by atoms with Crippen molar-refractivity contribution in [2.24, 2.45) is 0 Å². The molecule has 1 aromatic carbocycles. The van der Waals surface area contributed by atoms with Gasteiger partial charge in [0.15, 0.2) is 0 Å². The third kappa shape index (κ3) is 6.74. The highest BCUT2D eigenvalue weighted by molar-refractivity contribution is 5.79. The molecule has 1 heterocycles. The summed E-state index contributed by atoms with van der Waals surface area (Å²) >= 11 is 0. The van der Waals surface area contributed by atoms with Gasteiger partial charge in [0.1, 0.15) is 11.6 Å². The molecule has 0 bridgehead atoms. The normalized spacial score (nSPS) is 18.0. The predicted molar refractivity (Wildman–Crippen MR) is 111 cm³/mol. The molecule has 0 atom stereocenters. The van der Waals surface area contributed by atoms with Crippen LogP contribution in [0.2, 0.25) is 0 Å². The van der Waals surface area contributed by atoms with Crippen LogP contribution >= 0.6 is 0 Å². The van der Waals surface area contributed by atoms with Crippen LogP contribution in [-0.2, 0) is 16.1 Å². The number of hydrogen-bond donors (Lipinski definition) is 1. The summed E-state index contributed by atoms with van der Waals surface area (Å²) in [4.78, 5) is 30.8. The lowest BCUT2D eigenvalue weighted by molar-refractivity contribution is -0.134. The maximum atomic E-state index is 14.0. The van der Waals surface area contributed by atoms with E-state index in [4.69, 9.17) is 0 Å². The number of amides is 2. The van der Waals surface area contributed by atoms with Crippen molar-refractivity contribution in [3.8, 4) is 0 Å². The van der Waals surface area contributed by atoms with Crippen molar-refractivity contribution in [1.82, 2.24) is 20.0 Å². The number of nitrogens with zero attached hydrogens (tertiary/aromatic N) is 3. The van der Waals surface area contributed by atoms with Gasteiger partial charge in [-0.15, -0.1) is 0 Å². The Balaban J connectivity index is 1.48. The highest BCUT2D eigenvalue weighted by Crippen LogP contribution is 2.29. The van der Waals surface area contributed by atoms with Crippen LogP contribution in [0.25, 0.3) is 0 Å². The van der Waals surface area contributed by atoms with E-state index in [0.29, 0.717) is 44.8 Å². The molecular formula is C22H32F2N4O2. The third-order valence-corrected chi connectivity index (χ3v) is 5.40. The second-order valence-electron chi connectivity index (χ2n) is 9.33. The molecule has 3 rings (SSSR count). The quantitative estimate of drug-likeness (QED) is 0.730. The smallest absolute Gasteiger partial charge is 0.236 e. The molecule has 8 heteroatoms. The molecule has 1 saturated carbocycles. The molecule has 0 unspecified atom stereocenters. The van der Waals surface area contributed by atoms with Crippen LogP contribution in [0.15, 0.2) is 18.2 Å². The fourth-order valence-electron chi connectivity index (χ4n) is 3.71. The molecule has 2 aliphatic rings. The molecule has 0 radical (unpaired) electrons. The molecule has 166 valence electrons. The predicted octanol–water partition coefficient (Wildman–Crippen LogP) is 1.99. The molecule has 1 aliphatic carbocycles. The van der Waals surface area contributed by atoms with E-state index < -0.39 is 11.6 Å². The fourth-order valence-corrected chi connectivity index (χ4v) is 3.71. The van der Waals surface area contributed by atoms with Crippen LogP contribution in [0.5, 0.6) is 0 Å². The van der Waals surface area contributed by atoms with Crippen molar-refractivity contribution in [2.45, 2.75) is 51.7 Å². The second kappa shape index (κ2) is 9.39. The summed E-state index contributed by atoms with van der Waals surface area (Å²) in [6.45, 7) is 9.16. The summed E-state index contributed by atoms with van der Waals surface area (Å²) in [5.41, 5.74) is 0.149. The van der Waals surface area contributed by atoms with Gasteiger partial charge in [0.05, 0.1) is 13.1 Å². The number of piperazine rings is 1. The van der Waals surface area contributed by atoms with Gasteiger partial charge in [0, 0.05) is 55.9 Å². The molecule has 1 aromatic rings. The number of hydrogen-bond acceptors (Lipinski definition) is 4. The van der Waals surface area contributed by atoms with Crippen molar-refractivity contribution < 1.29 is 18.4 Å². The average Bonchev–Trinajstić information content (AvgIpc) is 3.47. The van der Waals surface area contributed by atoms with E-state index in [1.807, 2.05) is 30.6 Å². The molecule has 2 amide bonds. The van der Waals surface area contributed by atoms with Crippen LogP contribution in [0.1, 0.15) is 39.2 Å². The minimum atomic E-state index is -0.598. The fraction of sp³-hybridized carbons (Fsp3) is 0.636. The summed E-state index contributed by atoms with van der Waals surface area (Å²) in [5, 5.41) is 2.96. The Labute approximate surface area is 177 Å². The zero-order chi connectivity index (χ0) is 21.9. The van der Waals surface area contributed by atoms with Crippen LogP contribution < -0.4 is 5.32 Å². The molecule has 1 saturated heterocycles. The van der Waals surface area contributed by atoms with Crippen molar-refractivity contribution in [3.63, 3.8) is 0 Å². The molecule has 1 aliphatic heterocycles. The summed E-state index contributed by atoms with van der Waals surface area (Å²) in [6.07, 6.45) is 1.99. The Hall–Kier alpha value is -2.06. The third-order valence-electron chi connectivity index (χ3n) is 5.40. The average molecular weight is 423 g/mol. The molecule has 30 heavy (non-hydrogen) atoms. The maximum Gasteiger partial charge on any atom is 0.236 e.